The quantitative estimate of drug-likeness (QED) is 0.353. The summed E-state index contributed by atoms with van der Waals surface area (Å²) in [5.41, 5.74) is 0.166. The molecule has 6 rings (SSSR count). The summed E-state index contributed by atoms with van der Waals surface area (Å²) in [6, 6.07) is 15.4. The Bertz CT molecular complexity index is 1560. The Kier molecular flexibility index (Phi) is 8.41. The molecule has 1 aromatic heterocycles. The first-order valence-electron chi connectivity index (χ1n) is 15.3. The fourth-order valence-corrected chi connectivity index (χ4v) is 6.39. The van der Waals surface area contributed by atoms with Crippen molar-refractivity contribution < 1.29 is 29.0 Å². The molecule has 3 aromatic rings. The Hall–Kier alpha value is -4.60. The van der Waals surface area contributed by atoms with Crippen LogP contribution in [0.25, 0.3) is 10.9 Å². The maximum Gasteiger partial charge on any atom is 0.330 e. The van der Waals surface area contributed by atoms with Crippen LogP contribution in [0.5, 0.6) is 11.5 Å². The van der Waals surface area contributed by atoms with Gasteiger partial charge in [0, 0.05) is 35.7 Å². The number of amides is 2. The number of para-hydroxylation sites is 1. The maximum atomic E-state index is 14.3. The van der Waals surface area contributed by atoms with Crippen molar-refractivity contribution in [1.29, 1.82) is 0 Å². The SMILES string of the molecule is COc1ccc2c(O[C@@H]3C[C@H]4C(=O)N[C@]5(C(=O)O)C[C@H]5/C=C\CCCCC[C@H](Nc5ccccc5)C(=O)N4C3)ccnc2c1. The van der Waals surface area contributed by atoms with Crippen LogP contribution in [0.3, 0.4) is 0 Å². The second-order valence-electron chi connectivity index (χ2n) is 11.9. The molecule has 5 atom stereocenters. The average Bonchev–Trinajstić information content (AvgIpc) is 3.57. The highest BCUT2D eigenvalue weighted by Gasteiger charge is 2.61. The van der Waals surface area contributed by atoms with Gasteiger partial charge in [-0.25, -0.2) is 4.79 Å². The molecule has 3 N–H and O–H groups in total. The lowest BCUT2D eigenvalue weighted by molar-refractivity contribution is -0.145. The molecule has 10 nitrogen and oxygen atoms in total. The number of fused-ring (bicyclic) bond motifs is 3. The first kappa shape index (κ1) is 29.5. The van der Waals surface area contributed by atoms with E-state index in [1.165, 1.54) is 0 Å². The molecule has 3 heterocycles. The number of allylic oxidation sites excluding steroid dienone is 1. The van der Waals surface area contributed by atoms with Gasteiger partial charge < -0.3 is 30.1 Å². The molecular weight excluding hydrogens is 560 g/mol. The third-order valence-corrected chi connectivity index (χ3v) is 8.94. The van der Waals surface area contributed by atoms with Crippen LogP contribution in [0, 0.1) is 5.92 Å². The van der Waals surface area contributed by atoms with E-state index in [9.17, 15) is 19.5 Å². The average molecular weight is 599 g/mol. The number of hydrogen-bond donors (Lipinski definition) is 3. The second-order valence-corrected chi connectivity index (χ2v) is 11.9. The van der Waals surface area contributed by atoms with Crippen LogP contribution >= 0.6 is 0 Å². The third kappa shape index (κ3) is 6.06. The highest BCUT2D eigenvalue weighted by atomic mass is 16.5. The van der Waals surface area contributed by atoms with Crippen molar-refractivity contribution in [3.63, 3.8) is 0 Å². The number of anilines is 1. The van der Waals surface area contributed by atoms with Crippen molar-refractivity contribution in [2.75, 3.05) is 19.0 Å². The minimum Gasteiger partial charge on any atom is -0.497 e. The summed E-state index contributed by atoms with van der Waals surface area (Å²) in [7, 11) is 1.59. The van der Waals surface area contributed by atoms with E-state index >= 15 is 0 Å². The van der Waals surface area contributed by atoms with Crippen LogP contribution < -0.4 is 20.1 Å². The molecule has 2 aromatic carbocycles. The van der Waals surface area contributed by atoms with Gasteiger partial charge in [-0.1, -0.05) is 43.2 Å². The van der Waals surface area contributed by atoms with Gasteiger partial charge in [0.15, 0.2) is 0 Å². The van der Waals surface area contributed by atoms with E-state index in [1.807, 2.05) is 60.7 Å². The lowest BCUT2D eigenvalue weighted by Crippen LogP contribution is -2.55. The zero-order valence-corrected chi connectivity index (χ0v) is 24.8. The fraction of sp³-hybridized carbons (Fsp3) is 0.412. The highest BCUT2D eigenvalue weighted by molar-refractivity contribution is 5.96. The van der Waals surface area contributed by atoms with Gasteiger partial charge in [0.2, 0.25) is 11.8 Å². The predicted molar refractivity (Wildman–Crippen MR) is 166 cm³/mol. The maximum absolute atomic E-state index is 14.3. The number of carboxylic acids is 1. The fourth-order valence-electron chi connectivity index (χ4n) is 6.39. The number of pyridine rings is 1. The first-order valence-corrected chi connectivity index (χ1v) is 15.3. The summed E-state index contributed by atoms with van der Waals surface area (Å²) in [5, 5.41) is 17.1. The van der Waals surface area contributed by atoms with Crippen LogP contribution in [0.1, 0.15) is 44.9 Å². The predicted octanol–water partition coefficient (Wildman–Crippen LogP) is 4.55. The number of ether oxygens (including phenoxy) is 2. The van der Waals surface area contributed by atoms with Crippen LogP contribution in [-0.4, -0.2) is 70.2 Å². The van der Waals surface area contributed by atoms with Crippen LogP contribution in [0.15, 0.2) is 72.9 Å². The van der Waals surface area contributed by atoms with Gasteiger partial charge in [-0.3, -0.25) is 14.6 Å². The van der Waals surface area contributed by atoms with E-state index in [2.05, 4.69) is 15.6 Å². The van der Waals surface area contributed by atoms with E-state index in [4.69, 9.17) is 9.47 Å². The molecule has 44 heavy (non-hydrogen) atoms. The van der Waals surface area contributed by atoms with Crippen LogP contribution in [0.2, 0.25) is 0 Å². The van der Waals surface area contributed by atoms with Gasteiger partial charge in [0.1, 0.15) is 35.2 Å². The van der Waals surface area contributed by atoms with Crippen LogP contribution in [0.4, 0.5) is 5.69 Å². The van der Waals surface area contributed by atoms with E-state index in [0.29, 0.717) is 29.9 Å². The zero-order chi connectivity index (χ0) is 30.7. The minimum absolute atomic E-state index is 0.188. The third-order valence-electron chi connectivity index (χ3n) is 8.94. The van der Waals surface area contributed by atoms with Crippen molar-refractivity contribution in [2.24, 2.45) is 5.92 Å². The van der Waals surface area contributed by atoms with Crippen molar-refractivity contribution >= 4 is 34.4 Å². The smallest absolute Gasteiger partial charge is 0.330 e. The number of nitrogens with zero attached hydrogens (tertiary/aromatic N) is 2. The molecule has 230 valence electrons. The summed E-state index contributed by atoms with van der Waals surface area (Å²) >= 11 is 0. The Balaban J connectivity index is 1.30. The van der Waals surface area contributed by atoms with E-state index in [-0.39, 0.29) is 24.8 Å². The number of nitrogens with one attached hydrogen (secondary N) is 2. The summed E-state index contributed by atoms with van der Waals surface area (Å²) in [6.07, 6.45) is 9.80. The molecule has 0 bridgehead atoms. The van der Waals surface area contributed by atoms with Crippen molar-refractivity contribution in [3.8, 4) is 11.5 Å². The number of carboxylic acid groups (broad SMARTS) is 1. The van der Waals surface area contributed by atoms with Crippen molar-refractivity contribution in [3.05, 3.63) is 72.9 Å². The number of hydrogen-bond acceptors (Lipinski definition) is 7. The number of methoxy groups -OCH3 is 1. The van der Waals surface area contributed by atoms with Gasteiger partial charge in [-0.05, 0) is 56.0 Å². The number of carbonyl (C=O) groups is 3. The van der Waals surface area contributed by atoms with E-state index in [1.54, 1.807) is 24.3 Å². The minimum atomic E-state index is -1.36. The second kappa shape index (κ2) is 12.6. The molecular formula is C34H38N4O6. The van der Waals surface area contributed by atoms with E-state index < -0.39 is 35.6 Å². The number of carbonyl (C=O) groups excluding carboxylic acids is 2. The summed E-state index contributed by atoms with van der Waals surface area (Å²) in [5.74, 6) is -0.745. The van der Waals surface area contributed by atoms with Gasteiger partial charge in [-0.15, -0.1) is 0 Å². The molecule has 10 heteroatoms. The Morgan fingerprint density at radius 1 is 1.11 bits per heavy atom. The molecule has 2 fully saturated rings. The van der Waals surface area contributed by atoms with Crippen LogP contribution in [-0.2, 0) is 14.4 Å². The van der Waals surface area contributed by atoms with Crippen molar-refractivity contribution in [2.45, 2.75) is 68.7 Å². The van der Waals surface area contributed by atoms with Gasteiger partial charge >= 0.3 is 5.97 Å². The number of rotatable bonds is 6. The lowest BCUT2D eigenvalue weighted by Gasteiger charge is -2.30. The normalized spacial score (nSPS) is 28.1. The molecule has 1 aliphatic carbocycles. The van der Waals surface area contributed by atoms with E-state index in [0.717, 1.165) is 36.8 Å². The van der Waals surface area contributed by atoms with Gasteiger partial charge in [0.05, 0.1) is 19.2 Å². The Morgan fingerprint density at radius 3 is 2.75 bits per heavy atom. The summed E-state index contributed by atoms with van der Waals surface area (Å²) < 4.78 is 11.8. The monoisotopic (exact) mass is 598 g/mol. The van der Waals surface area contributed by atoms with Gasteiger partial charge in [-0.2, -0.15) is 0 Å². The number of benzene rings is 2. The summed E-state index contributed by atoms with van der Waals surface area (Å²) in [6.45, 7) is 0.188. The molecule has 0 radical (unpaired) electrons. The summed E-state index contributed by atoms with van der Waals surface area (Å²) in [4.78, 5) is 46.5. The molecule has 2 aliphatic heterocycles. The standard InChI is InChI=1S/C34H38N4O6/c1-43-24-14-15-26-28(18-24)35-17-16-30(26)44-25-19-29-31(39)37-34(33(41)42)20-22(34)10-6-3-2-4-9-13-27(32(40)38(29)21-25)36-23-11-7-5-8-12-23/h5-8,10-12,14-18,22,25,27,29,36H,2-4,9,13,19-21H2,1H3,(H,37,39)(H,41,42)/b10-6-/t22-,25-,27+,29+,34-/m1/s1. The first-order chi connectivity index (χ1) is 21.4. The molecule has 0 spiro atoms. The Labute approximate surface area is 256 Å². The topological polar surface area (TPSA) is 130 Å². The Morgan fingerprint density at radius 2 is 1.95 bits per heavy atom. The molecule has 2 amide bonds. The molecule has 1 saturated carbocycles. The lowest BCUT2D eigenvalue weighted by atomic mass is 10.0. The zero-order valence-electron chi connectivity index (χ0n) is 24.8. The number of aromatic nitrogens is 1. The molecule has 3 aliphatic rings. The molecule has 0 unspecified atom stereocenters. The van der Waals surface area contributed by atoms with Crippen molar-refractivity contribution in [1.82, 2.24) is 15.2 Å². The molecule has 1 saturated heterocycles. The van der Waals surface area contributed by atoms with Gasteiger partial charge in [0.25, 0.3) is 0 Å². The number of aliphatic carboxylic acids is 1. The largest absolute Gasteiger partial charge is 0.497 e. The highest BCUT2D eigenvalue weighted by Crippen LogP contribution is 2.45.